The predicted molar refractivity (Wildman–Crippen MR) is 181 cm³/mol. The van der Waals surface area contributed by atoms with Crippen LogP contribution in [0.2, 0.25) is 0 Å². The van der Waals surface area contributed by atoms with Crippen LogP contribution < -0.4 is 15.4 Å². The third-order valence-corrected chi connectivity index (χ3v) is 8.78. The third-order valence-electron chi connectivity index (χ3n) is 7.90. The maximum absolute atomic E-state index is 12.8. The summed E-state index contributed by atoms with van der Waals surface area (Å²) in [7, 11) is 0. The van der Waals surface area contributed by atoms with Crippen LogP contribution in [-0.2, 0) is 14.3 Å². The molecule has 0 aromatic heterocycles. The number of alkyl carbamates (subject to hydrolysis) is 1. The van der Waals surface area contributed by atoms with Gasteiger partial charge in [0, 0.05) is 41.9 Å². The van der Waals surface area contributed by atoms with Gasteiger partial charge in [0.2, 0.25) is 5.91 Å². The molecule has 0 bridgehead atoms. The molecule has 44 heavy (non-hydrogen) atoms. The van der Waals surface area contributed by atoms with Crippen molar-refractivity contribution < 1.29 is 23.8 Å². The Hall–Kier alpha value is -3.01. The number of rotatable bonds is 16. The number of hydrogen-bond acceptors (Lipinski definition) is 6. The first kappa shape index (κ1) is 33.9. The third kappa shape index (κ3) is 9.74. The monoisotopic (exact) mass is 682 g/mol. The molecule has 3 aromatic carbocycles. The number of nitrogens with one attached hydrogen (secondary N) is 2. The van der Waals surface area contributed by atoms with Crippen LogP contribution in [0.15, 0.2) is 77.3 Å². The molecule has 4 rings (SSSR count). The van der Waals surface area contributed by atoms with Gasteiger partial charge in [-0.25, -0.2) is 4.79 Å². The van der Waals surface area contributed by atoms with E-state index in [-0.39, 0.29) is 18.4 Å². The van der Waals surface area contributed by atoms with Gasteiger partial charge in [-0.3, -0.25) is 4.79 Å². The van der Waals surface area contributed by atoms with Crippen molar-refractivity contribution in [3.63, 3.8) is 0 Å². The summed E-state index contributed by atoms with van der Waals surface area (Å²) in [5.74, 6) is 0.846. The molecule has 2 amide bonds. The lowest BCUT2D eigenvalue weighted by molar-refractivity contribution is -0.130. The minimum atomic E-state index is -0.766. The first-order valence-corrected chi connectivity index (χ1v) is 16.4. The summed E-state index contributed by atoms with van der Waals surface area (Å²) in [6, 6.07) is 24.3. The average Bonchev–Trinajstić information content (AvgIpc) is 3.32. The molecule has 1 aliphatic carbocycles. The summed E-state index contributed by atoms with van der Waals surface area (Å²) >= 11 is 8.06. The fraction of sp³-hybridized carbons (Fsp3) is 0.429. The standard InChI is InChI=1S/C35H43BrN2O5S/c1-34(2,32(39)37-20-8-9-22-41-26-16-14-25(36)15-17-26)19-23-43-35(3,44)18-21-38-33(40)42-24-31-29-12-6-4-10-27(29)28-11-5-7-13-30(28)31/h4-7,10-17,31,44H,8-9,18-24H2,1-3H3,(H,37,39)(H,38,40). The summed E-state index contributed by atoms with van der Waals surface area (Å²) < 4.78 is 18.4. The van der Waals surface area contributed by atoms with Gasteiger partial charge in [0.25, 0.3) is 0 Å². The summed E-state index contributed by atoms with van der Waals surface area (Å²) in [6.07, 6.45) is 2.24. The Balaban J connectivity index is 1.08. The highest BCUT2D eigenvalue weighted by molar-refractivity contribution is 9.10. The Morgan fingerprint density at radius 1 is 0.818 bits per heavy atom. The van der Waals surface area contributed by atoms with Gasteiger partial charge in [0.05, 0.1) is 6.61 Å². The van der Waals surface area contributed by atoms with Crippen molar-refractivity contribution in [2.45, 2.75) is 57.3 Å². The number of amides is 2. The molecule has 0 heterocycles. The molecule has 0 radical (unpaired) electrons. The van der Waals surface area contributed by atoms with Crippen LogP contribution in [0.4, 0.5) is 4.79 Å². The van der Waals surface area contributed by atoms with Crippen LogP contribution >= 0.6 is 28.6 Å². The van der Waals surface area contributed by atoms with E-state index in [9.17, 15) is 9.59 Å². The van der Waals surface area contributed by atoms with Crippen molar-refractivity contribution in [3.8, 4) is 16.9 Å². The smallest absolute Gasteiger partial charge is 0.407 e. The zero-order valence-corrected chi connectivity index (χ0v) is 28.2. The maximum Gasteiger partial charge on any atom is 0.407 e. The highest BCUT2D eigenvalue weighted by Crippen LogP contribution is 2.44. The van der Waals surface area contributed by atoms with Gasteiger partial charge in [-0.15, -0.1) is 12.6 Å². The van der Waals surface area contributed by atoms with Crippen LogP contribution in [0.3, 0.4) is 0 Å². The average molecular weight is 684 g/mol. The number of carbonyl (C=O) groups is 2. The summed E-state index contributed by atoms with van der Waals surface area (Å²) in [5.41, 5.74) is 4.16. The summed E-state index contributed by atoms with van der Waals surface area (Å²) in [4.78, 5) is 24.5. The molecule has 0 aliphatic heterocycles. The Kier molecular flexibility index (Phi) is 12.2. The van der Waals surface area contributed by atoms with Gasteiger partial charge in [-0.1, -0.05) is 78.3 Å². The lowest BCUT2D eigenvalue weighted by atomic mass is 9.88. The topological polar surface area (TPSA) is 85.9 Å². The zero-order chi connectivity index (χ0) is 31.6. The molecule has 1 unspecified atom stereocenters. The fourth-order valence-corrected chi connectivity index (χ4v) is 5.61. The van der Waals surface area contributed by atoms with E-state index in [2.05, 4.69) is 63.5 Å². The molecular formula is C35H43BrN2O5S. The van der Waals surface area contributed by atoms with Gasteiger partial charge >= 0.3 is 6.09 Å². The molecule has 9 heteroatoms. The molecule has 1 atom stereocenters. The van der Waals surface area contributed by atoms with Gasteiger partial charge in [-0.2, -0.15) is 0 Å². The highest BCUT2D eigenvalue weighted by atomic mass is 79.9. The highest BCUT2D eigenvalue weighted by Gasteiger charge is 2.30. The number of unbranched alkanes of at least 4 members (excludes halogenated alkanes) is 1. The summed E-state index contributed by atoms with van der Waals surface area (Å²) in [5, 5.41) is 5.85. The largest absolute Gasteiger partial charge is 0.494 e. The molecule has 0 fully saturated rings. The van der Waals surface area contributed by atoms with E-state index in [1.807, 2.05) is 69.3 Å². The second kappa shape index (κ2) is 15.8. The van der Waals surface area contributed by atoms with Crippen LogP contribution in [-0.4, -0.2) is 49.8 Å². The SMILES string of the molecule is CC(S)(CCNC(=O)OCC1c2ccccc2-c2ccccc21)OCCC(C)(C)C(=O)NCCCCOc1ccc(Br)cc1. The van der Waals surface area contributed by atoms with Crippen LogP contribution in [0.5, 0.6) is 5.75 Å². The van der Waals surface area contributed by atoms with E-state index in [1.165, 1.54) is 22.3 Å². The van der Waals surface area contributed by atoms with Gasteiger partial charge in [0.15, 0.2) is 0 Å². The van der Waals surface area contributed by atoms with Crippen molar-refractivity contribution in [3.05, 3.63) is 88.4 Å². The Bertz CT molecular complexity index is 1350. The minimum absolute atomic E-state index is 0.00674. The molecule has 0 saturated carbocycles. The number of halogens is 1. The van der Waals surface area contributed by atoms with Crippen LogP contribution in [0.25, 0.3) is 11.1 Å². The van der Waals surface area contributed by atoms with Crippen molar-refractivity contribution in [2.24, 2.45) is 5.41 Å². The first-order chi connectivity index (χ1) is 21.1. The molecule has 1 aliphatic rings. The zero-order valence-electron chi connectivity index (χ0n) is 25.7. The van der Waals surface area contributed by atoms with E-state index >= 15 is 0 Å². The van der Waals surface area contributed by atoms with Gasteiger partial charge < -0.3 is 24.8 Å². The van der Waals surface area contributed by atoms with E-state index in [0.717, 1.165) is 23.1 Å². The number of thiol groups is 1. The predicted octanol–water partition coefficient (Wildman–Crippen LogP) is 7.73. The maximum atomic E-state index is 12.8. The fourth-order valence-electron chi connectivity index (χ4n) is 5.15. The van der Waals surface area contributed by atoms with E-state index < -0.39 is 16.4 Å². The van der Waals surface area contributed by atoms with Crippen LogP contribution in [0.1, 0.15) is 63.5 Å². The quantitative estimate of drug-likeness (QED) is 0.0818. The second-order valence-corrected chi connectivity index (χ2v) is 13.8. The summed E-state index contributed by atoms with van der Waals surface area (Å²) in [6.45, 7) is 7.88. The molecular weight excluding hydrogens is 640 g/mol. The molecule has 0 saturated heterocycles. The lowest BCUT2D eigenvalue weighted by Gasteiger charge is -2.28. The molecule has 236 valence electrons. The van der Waals surface area contributed by atoms with E-state index in [4.69, 9.17) is 14.2 Å². The number of carbonyl (C=O) groups excluding carboxylic acids is 2. The lowest BCUT2D eigenvalue weighted by Crippen LogP contribution is -2.39. The van der Waals surface area contributed by atoms with E-state index in [1.54, 1.807) is 0 Å². The molecule has 7 nitrogen and oxygen atoms in total. The number of fused-ring (bicyclic) bond motifs is 3. The Labute approximate surface area is 275 Å². The second-order valence-electron chi connectivity index (χ2n) is 11.9. The number of benzene rings is 3. The number of hydrogen-bond donors (Lipinski definition) is 3. The van der Waals surface area contributed by atoms with Gasteiger partial charge in [-0.05, 0) is 72.7 Å². The number of ether oxygens (including phenoxy) is 3. The normalized spacial score (nSPS) is 13.8. The van der Waals surface area contributed by atoms with E-state index in [0.29, 0.717) is 39.1 Å². The first-order valence-electron chi connectivity index (χ1n) is 15.2. The molecule has 0 spiro atoms. The molecule has 3 aromatic rings. The minimum Gasteiger partial charge on any atom is -0.494 e. The van der Waals surface area contributed by atoms with Gasteiger partial charge in [0.1, 0.15) is 17.3 Å². The van der Waals surface area contributed by atoms with Crippen LogP contribution in [0, 0.1) is 5.41 Å². The Morgan fingerprint density at radius 2 is 1.45 bits per heavy atom. The van der Waals surface area contributed by atoms with Crippen molar-refractivity contribution >= 4 is 40.6 Å². The van der Waals surface area contributed by atoms with Crippen molar-refractivity contribution in [1.82, 2.24) is 10.6 Å². The Morgan fingerprint density at radius 3 is 2.11 bits per heavy atom. The van der Waals surface area contributed by atoms with Crippen molar-refractivity contribution in [1.29, 1.82) is 0 Å². The molecule has 2 N–H and O–H groups in total. The van der Waals surface area contributed by atoms with Crippen molar-refractivity contribution in [2.75, 3.05) is 32.9 Å².